The maximum Gasteiger partial charge on any atom is 0.252 e. The first-order chi connectivity index (χ1) is 14.5. The van der Waals surface area contributed by atoms with E-state index in [-0.39, 0.29) is 5.91 Å². The molecule has 2 aromatic carbocycles. The number of methoxy groups -OCH3 is 3. The molecule has 2 heterocycles. The van der Waals surface area contributed by atoms with E-state index in [1.807, 2.05) is 55.5 Å². The van der Waals surface area contributed by atoms with Gasteiger partial charge in [-0.2, -0.15) is 0 Å². The fraction of sp³-hybridized carbons (Fsp3) is 0.261. The molecule has 1 atom stereocenters. The Morgan fingerprint density at radius 1 is 1.10 bits per heavy atom. The Labute approximate surface area is 185 Å². The van der Waals surface area contributed by atoms with Crippen molar-refractivity contribution < 1.29 is 19.0 Å². The van der Waals surface area contributed by atoms with Gasteiger partial charge in [0.2, 0.25) is 5.75 Å². The van der Waals surface area contributed by atoms with Gasteiger partial charge < -0.3 is 19.1 Å². The van der Waals surface area contributed by atoms with E-state index in [9.17, 15) is 4.79 Å². The summed E-state index contributed by atoms with van der Waals surface area (Å²) in [6.07, 6.45) is 3.82. The first-order valence-electron chi connectivity index (χ1n) is 9.51. The molecule has 1 spiro atoms. The molecule has 156 valence electrons. The second kappa shape index (κ2) is 7.93. The van der Waals surface area contributed by atoms with Gasteiger partial charge in [0, 0.05) is 17.5 Å². The van der Waals surface area contributed by atoms with Crippen molar-refractivity contribution in [1.29, 1.82) is 0 Å². The molecule has 1 unspecified atom stereocenters. The lowest BCUT2D eigenvalue weighted by molar-refractivity contribution is -0.119. The number of amides is 1. The summed E-state index contributed by atoms with van der Waals surface area (Å²) in [6, 6.07) is 11.6. The molecule has 0 saturated heterocycles. The molecule has 0 fully saturated rings. The van der Waals surface area contributed by atoms with Crippen molar-refractivity contribution in [3.8, 4) is 17.2 Å². The smallest absolute Gasteiger partial charge is 0.252 e. The Morgan fingerprint density at radius 2 is 1.80 bits per heavy atom. The van der Waals surface area contributed by atoms with E-state index in [2.05, 4.69) is 0 Å². The normalized spacial score (nSPS) is 21.2. The fourth-order valence-electron chi connectivity index (χ4n) is 3.97. The molecule has 1 amide bonds. The third kappa shape index (κ3) is 2.89. The van der Waals surface area contributed by atoms with Crippen LogP contribution < -0.4 is 19.1 Å². The molecule has 0 saturated carbocycles. The number of allylic oxidation sites excluding steroid dienone is 1. The van der Waals surface area contributed by atoms with Crippen LogP contribution in [0.1, 0.15) is 18.1 Å². The molecule has 7 heteroatoms. The van der Waals surface area contributed by atoms with Crippen LogP contribution in [0.5, 0.6) is 17.2 Å². The number of carbonyl (C=O) groups excluding carboxylic acids is 1. The number of anilines is 1. The van der Waals surface area contributed by atoms with E-state index in [4.69, 9.17) is 25.8 Å². The SMILES string of the molecule is CCN1C(=O)C2(C=C/C(=C(/Cl)c3ccccc3)S2)c2c1cc(OC)c(OC)c2OC. The first-order valence-corrected chi connectivity index (χ1v) is 10.7. The van der Waals surface area contributed by atoms with Crippen LogP contribution in [0.25, 0.3) is 5.03 Å². The number of hydrogen-bond acceptors (Lipinski definition) is 5. The molecule has 4 rings (SSSR count). The highest BCUT2D eigenvalue weighted by molar-refractivity contribution is 8.05. The Balaban J connectivity index is 1.92. The second-order valence-corrected chi connectivity index (χ2v) is 8.47. The lowest BCUT2D eigenvalue weighted by atomic mass is 9.97. The Bertz CT molecular complexity index is 1070. The van der Waals surface area contributed by atoms with E-state index in [0.29, 0.717) is 28.8 Å². The van der Waals surface area contributed by atoms with Gasteiger partial charge in [-0.15, -0.1) is 0 Å². The molecule has 0 aliphatic carbocycles. The van der Waals surface area contributed by atoms with Gasteiger partial charge in [0.05, 0.1) is 37.6 Å². The summed E-state index contributed by atoms with van der Waals surface area (Å²) in [4.78, 5) is 16.2. The molecule has 2 aliphatic heterocycles. The number of thioether (sulfide) groups is 1. The molecular weight excluding hydrogens is 422 g/mol. The van der Waals surface area contributed by atoms with Crippen LogP contribution >= 0.6 is 23.4 Å². The number of ether oxygens (including phenoxy) is 3. The van der Waals surface area contributed by atoms with E-state index in [0.717, 1.165) is 21.7 Å². The van der Waals surface area contributed by atoms with Crippen molar-refractivity contribution in [3.63, 3.8) is 0 Å². The monoisotopic (exact) mass is 443 g/mol. The van der Waals surface area contributed by atoms with Gasteiger partial charge in [-0.1, -0.05) is 59.8 Å². The standard InChI is InChI=1S/C23H22ClNO4S/c1-5-25-15-13-16(27-2)20(28-3)21(29-4)18(15)23(22(25)26)12-11-17(30-23)19(24)14-9-7-6-8-10-14/h6-13H,5H2,1-4H3/b19-17-. The Morgan fingerprint density at radius 3 is 2.40 bits per heavy atom. The van der Waals surface area contributed by atoms with Crippen molar-refractivity contribution in [2.75, 3.05) is 32.8 Å². The van der Waals surface area contributed by atoms with Gasteiger partial charge in [0.25, 0.3) is 5.91 Å². The number of fused-ring (bicyclic) bond motifs is 2. The van der Waals surface area contributed by atoms with Crippen LogP contribution in [0.2, 0.25) is 0 Å². The number of benzene rings is 2. The van der Waals surface area contributed by atoms with Crippen molar-refractivity contribution in [1.82, 2.24) is 0 Å². The number of likely N-dealkylation sites (N-methyl/N-ethyl adjacent to an activating group) is 1. The molecule has 2 aromatic rings. The molecule has 2 aliphatic rings. The number of halogens is 1. The number of carbonyl (C=O) groups is 1. The third-order valence-corrected chi connectivity index (χ3v) is 7.27. The minimum absolute atomic E-state index is 0.0395. The van der Waals surface area contributed by atoms with Gasteiger partial charge >= 0.3 is 0 Å². The lowest BCUT2D eigenvalue weighted by Crippen LogP contribution is -2.35. The Kier molecular flexibility index (Phi) is 5.47. The summed E-state index contributed by atoms with van der Waals surface area (Å²) in [7, 11) is 4.70. The molecule has 0 N–H and O–H groups in total. The van der Waals surface area contributed by atoms with Crippen LogP contribution in [0, 0.1) is 0 Å². The largest absolute Gasteiger partial charge is 0.493 e. The predicted octanol–water partition coefficient (Wildman–Crippen LogP) is 5.18. The average Bonchev–Trinajstić information content (AvgIpc) is 3.33. The summed E-state index contributed by atoms with van der Waals surface area (Å²) in [6.45, 7) is 2.47. The van der Waals surface area contributed by atoms with Gasteiger partial charge in [0.15, 0.2) is 11.5 Å². The van der Waals surface area contributed by atoms with Crippen LogP contribution in [-0.4, -0.2) is 33.8 Å². The van der Waals surface area contributed by atoms with Crippen LogP contribution in [0.4, 0.5) is 5.69 Å². The lowest BCUT2D eigenvalue weighted by Gasteiger charge is -2.23. The van der Waals surface area contributed by atoms with Gasteiger partial charge in [-0.05, 0) is 18.6 Å². The Hall–Kier alpha value is -2.57. The quantitative estimate of drug-likeness (QED) is 0.636. The number of hydrogen-bond donors (Lipinski definition) is 0. The fourth-order valence-corrected chi connectivity index (χ4v) is 5.60. The maximum absolute atomic E-state index is 13.6. The average molecular weight is 444 g/mol. The summed E-state index contributed by atoms with van der Waals surface area (Å²) >= 11 is 8.13. The zero-order chi connectivity index (χ0) is 21.5. The molecular formula is C23H22ClNO4S. The molecule has 0 bridgehead atoms. The summed E-state index contributed by atoms with van der Waals surface area (Å²) < 4.78 is 15.9. The van der Waals surface area contributed by atoms with Crippen molar-refractivity contribution in [2.24, 2.45) is 0 Å². The van der Waals surface area contributed by atoms with Gasteiger partial charge in [0.1, 0.15) is 4.75 Å². The highest BCUT2D eigenvalue weighted by Crippen LogP contribution is 2.62. The summed E-state index contributed by atoms with van der Waals surface area (Å²) in [5.41, 5.74) is 2.41. The second-order valence-electron chi connectivity index (χ2n) is 6.80. The summed E-state index contributed by atoms with van der Waals surface area (Å²) in [5.74, 6) is 1.43. The van der Waals surface area contributed by atoms with E-state index >= 15 is 0 Å². The molecule has 30 heavy (non-hydrogen) atoms. The topological polar surface area (TPSA) is 48.0 Å². The summed E-state index contributed by atoms with van der Waals surface area (Å²) in [5, 5.41) is 0.609. The minimum atomic E-state index is -0.972. The van der Waals surface area contributed by atoms with Crippen molar-refractivity contribution in [3.05, 3.63) is 64.6 Å². The number of rotatable bonds is 5. The minimum Gasteiger partial charge on any atom is -0.493 e. The zero-order valence-electron chi connectivity index (χ0n) is 17.2. The van der Waals surface area contributed by atoms with Crippen LogP contribution in [-0.2, 0) is 9.54 Å². The molecule has 0 aromatic heterocycles. The van der Waals surface area contributed by atoms with E-state index < -0.39 is 4.75 Å². The maximum atomic E-state index is 13.6. The molecule has 0 radical (unpaired) electrons. The highest BCUT2D eigenvalue weighted by Gasteiger charge is 2.55. The van der Waals surface area contributed by atoms with Crippen LogP contribution in [0.15, 0.2) is 53.5 Å². The number of nitrogens with zero attached hydrogens (tertiary/aromatic N) is 1. The third-order valence-electron chi connectivity index (χ3n) is 5.33. The van der Waals surface area contributed by atoms with Gasteiger partial charge in [-0.25, -0.2) is 0 Å². The van der Waals surface area contributed by atoms with Crippen molar-refractivity contribution >= 4 is 40.0 Å². The van der Waals surface area contributed by atoms with Crippen LogP contribution in [0.3, 0.4) is 0 Å². The van der Waals surface area contributed by atoms with E-state index in [1.165, 1.54) is 11.8 Å². The first kappa shape index (κ1) is 20.7. The van der Waals surface area contributed by atoms with E-state index in [1.54, 1.807) is 26.2 Å². The molecule has 5 nitrogen and oxygen atoms in total. The zero-order valence-corrected chi connectivity index (χ0v) is 18.8. The highest BCUT2D eigenvalue weighted by atomic mass is 35.5. The van der Waals surface area contributed by atoms with Gasteiger partial charge in [-0.3, -0.25) is 4.79 Å². The predicted molar refractivity (Wildman–Crippen MR) is 122 cm³/mol. The van der Waals surface area contributed by atoms with Crippen molar-refractivity contribution in [2.45, 2.75) is 11.7 Å².